The second-order valence-corrected chi connectivity index (χ2v) is 9.32. The van der Waals surface area contributed by atoms with E-state index in [2.05, 4.69) is 9.82 Å². The molecule has 4 rings (SSSR count). The highest BCUT2D eigenvalue weighted by atomic mass is 32.2. The van der Waals surface area contributed by atoms with Crippen LogP contribution in [-0.2, 0) is 10.0 Å². The molecular weight excluding hydrogens is 402 g/mol. The normalized spacial score (nSPS) is 18.2. The summed E-state index contributed by atoms with van der Waals surface area (Å²) in [5.74, 6) is 0.272. The van der Waals surface area contributed by atoms with Gasteiger partial charge in [-0.15, -0.1) is 11.3 Å². The second kappa shape index (κ2) is 8.13. The lowest BCUT2D eigenvalue weighted by Gasteiger charge is -2.04. The van der Waals surface area contributed by atoms with Crippen LogP contribution in [0.3, 0.4) is 0 Å². The van der Waals surface area contributed by atoms with Gasteiger partial charge in [0.1, 0.15) is 9.21 Å². The molecule has 3 N–H and O–H groups in total. The number of thiophene rings is 1. The van der Waals surface area contributed by atoms with Gasteiger partial charge >= 0.3 is 6.16 Å². The maximum absolute atomic E-state index is 12.6. The number of hydrogen-bond donors (Lipinski definition) is 3. The molecule has 1 aromatic carbocycles. The molecule has 1 fully saturated rings. The van der Waals surface area contributed by atoms with Gasteiger partial charge in [0, 0.05) is 18.2 Å². The lowest BCUT2D eigenvalue weighted by atomic mass is 10.1. The number of hydrogen-bond acceptors (Lipinski definition) is 5. The maximum atomic E-state index is 12.6. The van der Waals surface area contributed by atoms with Crippen molar-refractivity contribution >= 4 is 27.5 Å². The monoisotopic (exact) mass is 421 g/mol. The van der Waals surface area contributed by atoms with Crippen LogP contribution >= 0.6 is 11.3 Å². The summed E-state index contributed by atoms with van der Waals surface area (Å²) in [4.78, 5) is 8.56. The minimum atomic E-state index is -3.49. The molecule has 2 atom stereocenters. The van der Waals surface area contributed by atoms with Crippen molar-refractivity contribution in [2.24, 2.45) is 0 Å². The zero-order valence-electron chi connectivity index (χ0n) is 14.9. The van der Waals surface area contributed by atoms with Crippen LogP contribution in [0.1, 0.15) is 23.5 Å². The van der Waals surface area contributed by atoms with Crippen molar-refractivity contribution in [3.05, 3.63) is 66.0 Å². The summed E-state index contributed by atoms with van der Waals surface area (Å²) in [7, 11) is -3.49. The summed E-state index contributed by atoms with van der Waals surface area (Å²) < 4.78 is 30.0. The highest BCUT2D eigenvalue weighted by Crippen LogP contribution is 2.41. The van der Waals surface area contributed by atoms with Crippen molar-refractivity contribution < 1.29 is 23.4 Å². The summed E-state index contributed by atoms with van der Waals surface area (Å²) in [5.41, 5.74) is 2.22. The van der Waals surface area contributed by atoms with Gasteiger partial charge in [0.25, 0.3) is 0 Å². The number of sulfonamides is 1. The Labute approximate surface area is 166 Å². The predicted octanol–water partition coefficient (Wildman–Crippen LogP) is 3.30. The van der Waals surface area contributed by atoms with Gasteiger partial charge in [0.05, 0.1) is 6.20 Å². The standard InChI is InChI=1S/C17H17N3O2S2.CH2O3/c1-12-10-18-20(11-12)16-7-8-17(23-16)24(21,22)19-15-9-14(15)13-5-3-2-4-6-13;2-1(3)4/h2-8,10-11,14-15,19H,9H2,1H3;(H2,2,3,4)/t14-,15+;/m1./s1. The van der Waals surface area contributed by atoms with E-state index in [4.69, 9.17) is 15.0 Å². The first kappa shape index (κ1) is 20.1. The summed E-state index contributed by atoms with van der Waals surface area (Å²) >= 11 is 1.22. The minimum Gasteiger partial charge on any atom is -0.450 e. The fraction of sp³-hybridized carbons (Fsp3) is 0.222. The summed E-state index contributed by atoms with van der Waals surface area (Å²) in [5, 5.41) is 19.0. The summed E-state index contributed by atoms with van der Waals surface area (Å²) in [6, 6.07) is 13.4. The molecule has 1 aliphatic carbocycles. The first-order valence-corrected chi connectivity index (χ1v) is 10.7. The Morgan fingerprint density at radius 2 is 1.89 bits per heavy atom. The number of rotatable bonds is 5. The lowest BCUT2D eigenvalue weighted by Crippen LogP contribution is -2.26. The van der Waals surface area contributed by atoms with Crippen molar-refractivity contribution in [2.75, 3.05) is 0 Å². The molecule has 2 heterocycles. The Balaban J connectivity index is 0.000000516. The van der Waals surface area contributed by atoms with E-state index < -0.39 is 16.2 Å². The van der Waals surface area contributed by atoms with Gasteiger partial charge in [0.2, 0.25) is 10.0 Å². The molecule has 148 valence electrons. The van der Waals surface area contributed by atoms with Crippen LogP contribution in [0.25, 0.3) is 5.00 Å². The molecule has 28 heavy (non-hydrogen) atoms. The quantitative estimate of drug-likeness (QED) is 0.581. The van der Waals surface area contributed by atoms with Crippen LogP contribution in [0.5, 0.6) is 0 Å². The van der Waals surface area contributed by atoms with Crippen molar-refractivity contribution in [1.29, 1.82) is 0 Å². The van der Waals surface area contributed by atoms with E-state index in [0.29, 0.717) is 4.21 Å². The van der Waals surface area contributed by atoms with E-state index in [0.717, 1.165) is 17.0 Å². The topological polar surface area (TPSA) is 122 Å². The number of nitrogens with one attached hydrogen (secondary N) is 1. The fourth-order valence-corrected chi connectivity index (χ4v) is 5.30. The highest BCUT2D eigenvalue weighted by molar-refractivity contribution is 7.91. The number of carbonyl (C=O) groups is 1. The Morgan fingerprint density at radius 1 is 1.21 bits per heavy atom. The molecule has 1 saturated carbocycles. The molecule has 0 radical (unpaired) electrons. The highest BCUT2D eigenvalue weighted by Gasteiger charge is 2.41. The lowest BCUT2D eigenvalue weighted by molar-refractivity contribution is 0.137. The Bertz CT molecular complexity index is 1060. The van der Waals surface area contributed by atoms with Gasteiger partial charge in [-0.2, -0.15) is 5.10 Å². The van der Waals surface area contributed by atoms with Gasteiger partial charge in [-0.3, -0.25) is 0 Å². The van der Waals surface area contributed by atoms with Gasteiger partial charge in [-0.05, 0) is 36.6 Å². The van der Waals surface area contributed by atoms with E-state index in [1.807, 2.05) is 43.5 Å². The zero-order chi connectivity index (χ0) is 20.3. The number of benzene rings is 1. The van der Waals surface area contributed by atoms with E-state index in [1.54, 1.807) is 23.0 Å². The van der Waals surface area contributed by atoms with E-state index in [-0.39, 0.29) is 12.0 Å². The smallest absolute Gasteiger partial charge is 0.450 e. The largest absolute Gasteiger partial charge is 0.503 e. The molecule has 0 spiro atoms. The first-order valence-electron chi connectivity index (χ1n) is 8.37. The van der Waals surface area contributed by atoms with Crippen molar-refractivity contribution in [3.63, 3.8) is 0 Å². The predicted molar refractivity (Wildman–Crippen MR) is 105 cm³/mol. The molecule has 0 saturated heterocycles. The molecule has 3 aromatic rings. The molecule has 0 unspecified atom stereocenters. The maximum Gasteiger partial charge on any atom is 0.503 e. The number of nitrogens with zero attached hydrogens (tertiary/aromatic N) is 2. The molecule has 2 aromatic heterocycles. The molecule has 0 bridgehead atoms. The van der Waals surface area contributed by atoms with Gasteiger partial charge in [-0.25, -0.2) is 22.6 Å². The first-order chi connectivity index (χ1) is 13.3. The Morgan fingerprint density at radius 3 is 2.50 bits per heavy atom. The SMILES string of the molecule is Cc1cnn(-c2ccc(S(=O)(=O)N[C@H]3C[C@@H]3c3ccccc3)s2)c1.O=C(O)O. The van der Waals surface area contributed by atoms with Gasteiger partial charge in [0.15, 0.2) is 0 Å². The molecule has 1 aliphatic rings. The molecular formula is C18H19N3O5S2. The Hall–Kier alpha value is -2.69. The van der Waals surface area contributed by atoms with Gasteiger partial charge in [-0.1, -0.05) is 30.3 Å². The second-order valence-electron chi connectivity index (χ2n) is 6.32. The van der Waals surface area contributed by atoms with E-state index >= 15 is 0 Å². The number of carboxylic acid groups (broad SMARTS) is 2. The van der Waals surface area contributed by atoms with E-state index in [9.17, 15) is 8.42 Å². The van der Waals surface area contributed by atoms with E-state index in [1.165, 1.54) is 16.9 Å². The van der Waals surface area contributed by atoms with Crippen LogP contribution in [0, 0.1) is 6.92 Å². The third-order valence-corrected chi connectivity index (χ3v) is 7.15. The average molecular weight is 422 g/mol. The third-order valence-electron chi connectivity index (χ3n) is 4.09. The fourth-order valence-electron chi connectivity index (χ4n) is 2.76. The van der Waals surface area contributed by atoms with Crippen LogP contribution in [0.4, 0.5) is 4.79 Å². The van der Waals surface area contributed by atoms with Crippen molar-refractivity contribution in [3.8, 4) is 5.00 Å². The van der Waals surface area contributed by atoms with Gasteiger partial charge < -0.3 is 10.2 Å². The minimum absolute atomic E-state index is 0.0186. The Kier molecular flexibility index (Phi) is 5.82. The number of aryl methyl sites for hydroxylation is 1. The van der Waals surface area contributed by atoms with Crippen LogP contribution in [-0.4, -0.2) is 40.6 Å². The van der Waals surface area contributed by atoms with Crippen molar-refractivity contribution in [1.82, 2.24) is 14.5 Å². The summed E-state index contributed by atoms with van der Waals surface area (Å²) in [6.07, 6.45) is 2.64. The van der Waals surface area contributed by atoms with Crippen LogP contribution in [0.15, 0.2) is 59.1 Å². The van der Waals surface area contributed by atoms with Crippen molar-refractivity contribution in [2.45, 2.75) is 29.5 Å². The zero-order valence-corrected chi connectivity index (χ0v) is 16.5. The molecule has 8 nitrogen and oxygen atoms in total. The third kappa shape index (κ3) is 4.97. The molecule has 0 aliphatic heterocycles. The summed E-state index contributed by atoms with van der Waals surface area (Å²) in [6.45, 7) is 1.95. The average Bonchev–Trinajstić information content (AvgIpc) is 3.03. The van der Waals surface area contributed by atoms with Crippen LogP contribution in [0.2, 0.25) is 0 Å². The van der Waals surface area contributed by atoms with Crippen LogP contribution < -0.4 is 4.72 Å². The molecule has 10 heteroatoms. The number of aromatic nitrogens is 2. The molecule has 0 amide bonds.